The van der Waals surface area contributed by atoms with Crippen LogP contribution in [-0.2, 0) is 4.79 Å². The maximum absolute atomic E-state index is 11.5. The lowest BCUT2D eigenvalue weighted by Gasteiger charge is -2.18. The molecule has 0 aliphatic heterocycles. The van der Waals surface area contributed by atoms with Gasteiger partial charge in [0.15, 0.2) is 0 Å². The van der Waals surface area contributed by atoms with Crippen LogP contribution in [0.25, 0.3) is 0 Å². The van der Waals surface area contributed by atoms with E-state index in [1.54, 1.807) is 11.9 Å². The van der Waals surface area contributed by atoms with Crippen LogP contribution in [0.15, 0.2) is 18.3 Å². The molecule has 1 rings (SSSR count). The number of hydrogen-bond acceptors (Lipinski definition) is 5. The van der Waals surface area contributed by atoms with Crippen LogP contribution in [0.3, 0.4) is 0 Å². The van der Waals surface area contributed by atoms with Crippen molar-refractivity contribution >= 4 is 17.4 Å². The SMILES string of the molecule is CC(C)NC(=O)CN(C)c1ccc([N+](=O)[O-])cn1. The Bertz CT molecular complexity index is 430. The average Bonchev–Trinajstić information content (AvgIpc) is 2.27. The quantitative estimate of drug-likeness (QED) is 0.622. The largest absolute Gasteiger partial charge is 0.352 e. The Kier molecular flexibility index (Phi) is 4.59. The fourth-order valence-corrected chi connectivity index (χ4v) is 1.38. The van der Waals surface area contributed by atoms with Gasteiger partial charge >= 0.3 is 0 Å². The summed E-state index contributed by atoms with van der Waals surface area (Å²) in [5.74, 6) is 0.396. The molecule has 0 aromatic carbocycles. The monoisotopic (exact) mass is 252 g/mol. The van der Waals surface area contributed by atoms with Gasteiger partial charge in [-0.05, 0) is 19.9 Å². The zero-order valence-corrected chi connectivity index (χ0v) is 10.6. The first kappa shape index (κ1) is 13.9. The van der Waals surface area contributed by atoms with Crippen LogP contribution < -0.4 is 10.2 Å². The summed E-state index contributed by atoms with van der Waals surface area (Å²) in [5.41, 5.74) is -0.0706. The number of nitrogens with one attached hydrogen (secondary N) is 1. The predicted molar refractivity (Wildman–Crippen MR) is 67.4 cm³/mol. The first-order chi connectivity index (χ1) is 8.40. The highest BCUT2D eigenvalue weighted by molar-refractivity contribution is 5.81. The molecule has 0 radical (unpaired) electrons. The van der Waals surface area contributed by atoms with E-state index in [4.69, 9.17) is 0 Å². The minimum Gasteiger partial charge on any atom is -0.352 e. The van der Waals surface area contributed by atoms with Crippen LogP contribution >= 0.6 is 0 Å². The van der Waals surface area contributed by atoms with E-state index in [9.17, 15) is 14.9 Å². The van der Waals surface area contributed by atoms with E-state index >= 15 is 0 Å². The van der Waals surface area contributed by atoms with Crippen molar-refractivity contribution in [2.24, 2.45) is 0 Å². The van der Waals surface area contributed by atoms with Gasteiger partial charge in [-0.1, -0.05) is 0 Å². The molecule has 1 N–H and O–H groups in total. The van der Waals surface area contributed by atoms with Gasteiger partial charge in [-0.3, -0.25) is 14.9 Å². The van der Waals surface area contributed by atoms with Crippen molar-refractivity contribution in [2.75, 3.05) is 18.5 Å². The first-order valence-corrected chi connectivity index (χ1v) is 5.51. The number of anilines is 1. The van der Waals surface area contributed by atoms with Crippen molar-refractivity contribution in [1.82, 2.24) is 10.3 Å². The number of carbonyl (C=O) groups excluding carboxylic acids is 1. The van der Waals surface area contributed by atoms with Gasteiger partial charge in [-0.2, -0.15) is 0 Å². The van der Waals surface area contributed by atoms with Gasteiger partial charge in [0, 0.05) is 19.2 Å². The van der Waals surface area contributed by atoms with Crippen molar-refractivity contribution in [2.45, 2.75) is 19.9 Å². The molecule has 1 aromatic rings. The minimum atomic E-state index is -0.512. The molecule has 1 aromatic heterocycles. The summed E-state index contributed by atoms with van der Waals surface area (Å²) in [7, 11) is 1.70. The minimum absolute atomic E-state index is 0.0706. The highest BCUT2D eigenvalue weighted by atomic mass is 16.6. The summed E-state index contributed by atoms with van der Waals surface area (Å²) < 4.78 is 0. The van der Waals surface area contributed by atoms with E-state index in [-0.39, 0.29) is 24.2 Å². The first-order valence-electron chi connectivity index (χ1n) is 5.51. The second-order valence-electron chi connectivity index (χ2n) is 4.21. The number of nitro groups is 1. The van der Waals surface area contributed by atoms with E-state index in [2.05, 4.69) is 10.3 Å². The smallest absolute Gasteiger partial charge is 0.287 e. The maximum atomic E-state index is 11.5. The standard InChI is InChI=1S/C11H16N4O3/c1-8(2)13-11(16)7-14(3)10-5-4-9(6-12-10)15(17)18/h4-6,8H,7H2,1-3H3,(H,13,16). The summed E-state index contributed by atoms with van der Waals surface area (Å²) in [5, 5.41) is 13.2. The lowest BCUT2D eigenvalue weighted by Crippen LogP contribution is -2.38. The summed E-state index contributed by atoms with van der Waals surface area (Å²) in [6.07, 6.45) is 1.17. The number of rotatable bonds is 5. The molecule has 0 bridgehead atoms. The third-order valence-electron chi connectivity index (χ3n) is 2.16. The van der Waals surface area contributed by atoms with Crippen LogP contribution in [0, 0.1) is 10.1 Å². The van der Waals surface area contributed by atoms with Gasteiger partial charge in [-0.15, -0.1) is 0 Å². The fraction of sp³-hybridized carbons (Fsp3) is 0.455. The predicted octanol–water partition coefficient (Wildman–Crippen LogP) is 0.951. The molecule has 0 unspecified atom stereocenters. The zero-order chi connectivity index (χ0) is 13.7. The maximum Gasteiger partial charge on any atom is 0.287 e. The molecular weight excluding hydrogens is 236 g/mol. The van der Waals surface area contributed by atoms with Crippen LogP contribution in [0.5, 0.6) is 0 Å². The topological polar surface area (TPSA) is 88.4 Å². The average molecular weight is 252 g/mol. The zero-order valence-electron chi connectivity index (χ0n) is 10.6. The molecule has 7 heteroatoms. The molecule has 0 atom stereocenters. The third-order valence-corrected chi connectivity index (χ3v) is 2.16. The Morgan fingerprint density at radius 2 is 2.22 bits per heavy atom. The van der Waals surface area contributed by atoms with Crippen molar-refractivity contribution in [3.8, 4) is 0 Å². The van der Waals surface area contributed by atoms with E-state index in [1.165, 1.54) is 18.3 Å². The molecule has 0 aliphatic carbocycles. The van der Waals surface area contributed by atoms with Crippen LogP contribution in [0.4, 0.5) is 11.5 Å². The molecule has 1 heterocycles. The number of aromatic nitrogens is 1. The van der Waals surface area contributed by atoms with Crippen molar-refractivity contribution in [1.29, 1.82) is 0 Å². The molecule has 1 amide bonds. The van der Waals surface area contributed by atoms with Gasteiger partial charge in [0.2, 0.25) is 5.91 Å². The Balaban J connectivity index is 2.64. The normalized spacial score (nSPS) is 10.2. The number of pyridine rings is 1. The summed E-state index contributed by atoms with van der Waals surface area (Å²) >= 11 is 0. The molecular formula is C11H16N4O3. The van der Waals surface area contributed by atoms with E-state index in [0.29, 0.717) is 5.82 Å². The van der Waals surface area contributed by atoms with Gasteiger partial charge in [-0.25, -0.2) is 4.98 Å². The highest BCUT2D eigenvalue weighted by Crippen LogP contribution is 2.14. The summed E-state index contributed by atoms with van der Waals surface area (Å²) in [6.45, 7) is 3.91. The molecule has 0 saturated heterocycles. The fourth-order valence-electron chi connectivity index (χ4n) is 1.38. The van der Waals surface area contributed by atoms with Gasteiger partial charge in [0.25, 0.3) is 5.69 Å². The van der Waals surface area contributed by atoms with E-state index in [0.717, 1.165) is 0 Å². The number of likely N-dealkylation sites (N-methyl/N-ethyl adjacent to an activating group) is 1. The molecule has 0 aliphatic rings. The van der Waals surface area contributed by atoms with Crippen molar-refractivity contribution in [3.63, 3.8) is 0 Å². The second kappa shape index (κ2) is 5.95. The number of hydrogen-bond donors (Lipinski definition) is 1. The van der Waals surface area contributed by atoms with Gasteiger partial charge < -0.3 is 10.2 Å². The molecule has 0 spiro atoms. The number of nitrogens with zero attached hydrogens (tertiary/aromatic N) is 3. The van der Waals surface area contributed by atoms with Crippen LogP contribution in [-0.4, -0.2) is 35.4 Å². The Morgan fingerprint density at radius 3 is 2.67 bits per heavy atom. The van der Waals surface area contributed by atoms with Crippen LogP contribution in [0.1, 0.15) is 13.8 Å². The Morgan fingerprint density at radius 1 is 1.56 bits per heavy atom. The number of carbonyl (C=O) groups is 1. The molecule has 0 saturated carbocycles. The lowest BCUT2D eigenvalue weighted by atomic mass is 10.3. The van der Waals surface area contributed by atoms with Crippen molar-refractivity contribution < 1.29 is 9.72 Å². The molecule has 0 fully saturated rings. The Labute approximate surface area is 105 Å². The summed E-state index contributed by atoms with van der Waals surface area (Å²) in [6, 6.07) is 2.95. The van der Waals surface area contributed by atoms with Gasteiger partial charge in [0.05, 0.1) is 11.5 Å². The molecule has 18 heavy (non-hydrogen) atoms. The Hall–Kier alpha value is -2.18. The van der Waals surface area contributed by atoms with E-state index < -0.39 is 4.92 Å². The number of amides is 1. The second-order valence-corrected chi connectivity index (χ2v) is 4.21. The lowest BCUT2D eigenvalue weighted by molar-refractivity contribution is -0.385. The third kappa shape index (κ3) is 4.00. The summed E-state index contributed by atoms with van der Waals surface area (Å²) in [4.78, 5) is 27.0. The molecule has 7 nitrogen and oxygen atoms in total. The molecule has 98 valence electrons. The van der Waals surface area contributed by atoms with E-state index in [1.807, 2.05) is 13.8 Å². The van der Waals surface area contributed by atoms with Gasteiger partial charge in [0.1, 0.15) is 12.0 Å². The highest BCUT2D eigenvalue weighted by Gasteiger charge is 2.11. The van der Waals surface area contributed by atoms with Crippen molar-refractivity contribution in [3.05, 3.63) is 28.4 Å². The van der Waals surface area contributed by atoms with Crippen LogP contribution in [0.2, 0.25) is 0 Å².